The van der Waals surface area contributed by atoms with E-state index in [-0.39, 0.29) is 6.79 Å². The minimum absolute atomic E-state index is 0.215. The van der Waals surface area contributed by atoms with Crippen LogP contribution in [0.3, 0.4) is 0 Å². The molecule has 0 amide bonds. The second kappa shape index (κ2) is 5.04. The normalized spacial score (nSPS) is 13.7. The van der Waals surface area contributed by atoms with Crippen molar-refractivity contribution < 1.29 is 19.4 Å². The molecule has 0 saturated carbocycles. The number of carbonyl (C=O) groups is 1. The van der Waals surface area contributed by atoms with Crippen LogP contribution in [0.15, 0.2) is 10.5 Å². The molecule has 1 aromatic carbocycles. The molecule has 2 rings (SSSR count). The summed E-state index contributed by atoms with van der Waals surface area (Å²) in [5.41, 5.74) is 1.22. The van der Waals surface area contributed by atoms with Crippen LogP contribution in [0.2, 0.25) is 0 Å². The Morgan fingerprint density at radius 2 is 2.05 bits per heavy atom. The SMILES string of the molecule is CCc1c(CC(C)(C)C(=O)O)cc(Br)c2c1OCO2. The van der Waals surface area contributed by atoms with Gasteiger partial charge in [-0.05, 0) is 54.2 Å². The van der Waals surface area contributed by atoms with Crippen molar-refractivity contribution in [3.05, 3.63) is 21.7 Å². The molecule has 1 aliphatic rings. The van der Waals surface area contributed by atoms with Crippen LogP contribution in [-0.4, -0.2) is 17.9 Å². The Kier molecular flexibility index (Phi) is 3.76. The summed E-state index contributed by atoms with van der Waals surface area (Å²) in [6, 6.07) is 1.94. The lowest BCUT2D eigenvalue weighted by atomic mass is 9.83. The van der Waals surface area contributed by atoms with Gasteiger partial charge in [0.25, 0.3) is 0 Å². The summed E-state index contributed by atoms with van der Waals surface area (Å²) in [6.45, 7) is 5.70. The predicted octanol–water partition coefficient (Wildman–Crippen LogP) is 3.39. The van der Waals surface area contributed by atoms with E-state index < -0.39 is 11.4 Å². The second-order valence-electron chi connectivity index (χ2n) is 5.28. The molecule has 5 heteroatoms. The molecule has 0 aromatic heterocycles. The molecule has 0 radical (unpaired) electrons. The summed E-state index contributed by atoms with van der Waals surface area (Å²) >= 11 is 3.45. The zero-order chi connectivity index (χ0) is 14.2. The van der Waals surface area contributed by atoms with Crippen LogP contribution in [0.4, 0.5) is 0 Å². The quantitative estimate of drug-likeness (QED) is 0.920. The molecule has 0 bridgehead atoms. The van der Waals surface area contributed by atoms with Gasteiger partial charge in [-0.25, -0.2) is 0 Å². The van der Waals surface area contributed by atoms with Crippen LogP contribution >= 0.6 is 15.9 Å². The van der Waals surface area contributed by atoms with Crippen molar-refractivity contribution in [3.63, 3.8) is 0 Å². The van der Waals surface area contributed by atoms with Gasteiger partial charge in [-0.2, -0.15) is 0 Å². The van der Waals surface area contributed by atoms with Crippen molar-refractivity contribution >= 4 is 21.9 Å². The van der Waals surface area contributed by atoms with E-state index in [0.717, 1.165) is 27.8 Å². The Balaban J connectivity index is 2.47. The van der Waals surface area contributed by atoms with Gasteiger partial charge in [0.15, 0.2) is 11.5 Å². The number of aliphatic carboxylic acids is 1. The van der Waals surface area contributed by atoms with E-state index in [9.17, 15) is 9.90 Å². The van der Waals surface area contributed by atoms with Gasteiger partial charge in [0.1, 0.15) is 0 Å². The lowest BCUT2D eigenvalue weighted by Gasteiger charge is -2.21. The first kappa shape index (κ1) is 14.2. The molecular weight excluding hydrogens is 312 g/mol. The summed E-state index contributed by atoms with van der Waals surface area (Å²) in [5.74, 6) is 0.658. The first-order chi connectivity index (χ1) is 8.86. The van der Waals surface area contributed by atoms with Crippen LogP contribution in [0, 0.1) is 5.41 Å². The number of halogens is 1. The van der Waals surface area contributed by atoms with Gasteiger partial charge < -0.3 is 14.6 Å². The lowest BCUT2D eigenvalue weighted by molar-refractivity contribution is -0.146. The summed E-state index contributed by atoms with van der Waals surface area (Å²) in [4.78, 5) is 11.3. The van der Waals surface area contributed by atoms with Gasteiger partial charge in [-0.1, -0.05) is 6.92 Å². The van der Waals surface area contributed by atoms with Gasteiger partial charge in [0.2, 0.25) is 6.79 Å². The molecular formula is C14H17BrO4. The summed E-state index contributed by atoms with van der Waals surface area (Å²) < 4.78 is 11.7. The van der Waals surface area contributed by atoms with E-state index in [1.807, 2.05) is 13.0 Å². The molecule has 4 nitrogen and oxygen atoms in total. The van der Waals surface area contributed by atoms with E-state index in [1.54, 1.807) is 13.8 Å². The van der Waals surface area contributed by atoms with Crippen LogP contribution in [0.1, 0.15) is 31.9 Å². The van der Waals surface area contributed by atoms with Crippen LogP contribution in [0.25, 0.3) is 0 Å². The third-order valence-corrected chi connectivity index (χ3v) is 3.95. The molecule has 104 valence electrons. The number of carboxylic acids is 1. The van der Waals surface area contributed by atoms with Gasteiger partial charge in [-0.3, -0.25) is 4.79 Å². The lowest BCUT2D eigenvalue weighted by Crippen LogP contribution is -2.26. The molecule has 0 spiro atoms. The highest BCUT2D eigenvalue weighted by Gasteiger charge is 2.31. The fourth-order valence-corrected chi connectivity index (χ4v) is 2.80. The van der Waals surface area contributed by atoms with Crippen molar-refractivity contribution in [2.75, 3.05) is 6.79 Å². The maximum atomic E-state index is 11.3. The van der Waals surface area contributed by atoms with Gasteiger partial charge >= 0.3 is 5.97 Å². The first-order valence-electron chi connectivity index (χ1n) is 6.20. The molecule has 0 fully saturated rings. The topological polar surface area (TPSA) is 55.8 Å². The molecule has 0 aliphatic carbocycles. The summed E-state index contributed by atoms with van der Waals surface area (Å²) in [7, 11) is 0. The minimum Gasteiger partial charge on any atom is -0.481 e. The molecule has 1 aromatic rings. The zero-order valence-electron chi connectivity index (χ0n) is 11.2. The van der Waals surface area contributed by atoms with Crippen molar-refractivity contribution in [2.24, 2.45) is 5.41 Å². The largest absolute Gasteiger partial charge is 0.481 e. The Bertz CT molecular complexity index is 523. The highest BCUT2D eigenvalue weighted by Crippen LogP contribution is 2.45. The maximum absolute atomic E-state index is 11.3. The van der Waals surface area contributed by atoms with Crippen molar-refractivity contribution in [1.29, 1.82) is 0 Å². The van der Waals surface area contributed by atoms with Gasteiger partial charge in [0, 0.05) is 5.56 Å². The number of ether oxygens (including phenoxy) is 2. The van der Waals surface area contributed by atoms with Crippen molar-refractivity contribution in [1.82, 2.24) is 0 Å². The second-order valence-corrected chi connectivity index (χ2v) is 6.13. The van der Waals surface area contributed by atoms with E-state index in [4.69, 9.17) is 9.47 Å². The number of hydrogen-bond acceptors (Lipinski definition) is 3. The molecule has 19 heavy (non-hydrogen) atoms. The highest BCUT2D eigenvalue weighted by molar-refractivity contribution is 9.10. The monoisotopic (exact) mass is 328 g/mol. The predicted molar refractivity (Wildman–Crippen MR) is 74.8 cm³/mol. The molecule has 0 saturated heterocycles. The van der Waals surface area contributed by atoms with Crippen molar-refractivity contribution in [3.8, 4) is 11.5 Å². The van der Waals surface area contributed by atoms with Crippen LogP contribution in [0.5, 0.6) is 11.5 Å². The molecule has 0 unspecified atom stereocenters. The fraction of sp³-hybridized carbons (Fsp3) is 0.500. The van der Waals surface area contributed by atoms with Crippen LogP contribution in [-0.2, 0) is 17.6 Å². The molecule has 1 aliphatic heterocycles. The molecule has 1 N–H and O–H groups in total. The number of fused-ring (bicyclic) bond motifs is 1. The van der Waals surface area contributed by atoms with E-state index in [2.05, 4.69) is 15.9 Å². The standard InChI is InChI=1S/C14H17BrO4/c1-4-9-8(6-14(2,3)13(16)17)5-10(15)12-11(9)18-7-19-12/h5H,4,6-7H2,1-3H3,(H,16,17). The van der Waals surface area contributed by atoms with E-state index in [0.29, 0.717) is 12.2 Å². The summed E-state index contributed by atoms with van der Waals surface area (Å²) in [6.07, 6.45) is 1.24. The number of hydrogen-bond donors (Lipinski definition) is 1. The third kappa shape index (κ3) is 2.56. The number of benzene rings is 1. The Hall–Kier alpha value is -1.23. The average molecular weight is 329 g/mol. The molecule has 1 heterocycles. The van der Waals surface area contributed by atoms with Gasteiger partial charge in [0.05, 0.1) is 9.89 Å². The highest BCUT2D eigenvalue weighted by atomic mass is 79.9. The average Bonchev–Trinajstić information content (AvgIpc) is 2.78. The zero-order valence-corrected chi connectivity index (χ0v) is 12.8. The van der Waals surface area contributed by atoms with Crippen molar-refractivity contribution in [2.45, 2.75) is 33.6 Å². The fourth-order valence-electron chi connectivity index (χ4n) is 2.23. The third-order valence-electron chi connectivity index (χ3n) is 3.36. The minimum atomic E-state index is -0.808. The number of rotatable bonds is 4. The van der Waals surface area contributed by atoms with E-state index >= 15 is 0 Å². The summed E-state index contributed by atoms with van der Waals surface area (Å²) in [5, 5.41) is 9.26. The smallest absolute Gasteiger partial charge is 0.309 e. The Morgan fingerprint density at radius 3 is 2.63 bits per heavy atom. The maximum Gasteiger partial charge on any atom is 0.309 e. The Labute approximate surface area is 120 Å². The van der Waals surface area contributed by atoms with Crippen LogP contribution < -0.4 is 9.47 Å². The van der Waals surface area contributed by atoms with Gasteiger partial charge in [-0.15, -0.1) is 0 Å². The Morgan fingerprint density at radius 1 is 1.42 bits per heavy atom. The van der Waals surface area contributed by atoms with E-state index in [1.165, 1.54) is 0 Å². The molecule has 0 atom stereocenters. The first-order valence-corrected chi connectivity index (χ1v) is 6.99. The number of carboxylic acid groups (broad SMARTS) is 1.